The summed E-state index contributed by atoms with van der Waals surface area (Å²) in [6.07, 6.45) is 3.22. The highest BCUT2D eigenvalue weighted by Gasteiger charge is 2.28. The molecular weight excluding hydrogens is 451 g/mol. The fourth-order valence-electron chi connectivity index (χ4n) is 3.13. The molecular formula is C19H22ClFN4O3S2. The molecule has 4 rings (SSSR count). The second-order valence-electron chi connectivity index (χ2n) is 6.73. The third-order valence-corrected chi connectivity index (χ3v) is 6.63. The molecule has 2 fully saturated rings. The van der Waals surface area contributed by atoms with Crippen molar-refractivity contribution >= 4 is 59.2 Å². The van der Waals surface area contributed by atoms with Gasteiger partial charge in [0.05, 0.1) is 4.91 Å². The van der Waals surface area contributed by atoms with Crippen LogP contribution in [0.15, 0.2) is 28.1 Å². The molecule has 1 N–H and O–H groups in total. The van der Waals surface area contributed by atoms with Gasteiger partial charge in [0.25, 0.3) is 5.91 Å². The summed E-state index contributed by atoms with van der Waals surface area (Å²) in [5, 5.41) is 2.49. The Kier molecular flexibility index (Phi) is 8.04. The quantitative estimate of drug-likeness (QED) is 0.661. The molecule has 30 heavy (non-hydrogen) atoms. The van der Waals surface area contributed by atoms with E-state index in [1.807, 2.05) is 5.01 Å². The van der Waals surface area contributed by atoms with Crippen LogP contribution >= 0.6 is 35.9 Å². The highest BCUT2D eigenvalue weighted by Crippen LogP contribution is 2.33. The van der Waals surface area contributed by atoms with Gasteiger partial charge < -0.3 is 9.64 Å². The maximum absolute atomic E-state index is 13.8. The molecule has 0 unspecified atom stereocenters. The van der Waals surface area contributed by atoms with E-state index in [1.54, 1.807) is 22.7 Å². The fraction of sp³-hybridized carbons (Fsp3) is 0.421. The molecule has 0 saturated carbocycles. The predicted molar refractivity (Wildman–Crippen MR) is 121 cm³/mol. The number of nitrogens with one attached hydrogen (secondary N) is 1. The third kappa shape index (κ3) is 5.48. The van der Waals surface area contributed by atoms with Crippen molar-refractivity contribution in [1.29, 1.82) is 0 Å². The van der Waals surface area contributed by atoms with Crippen LogP contribution in [-0.2, 0) is 4.79 Å². The Morgan fingerprint density at radius 2 is 2.03 bits per heavy atom. The lowest BCUT2D eigenvalue weighted by molar-refractivity contribution is -0.113. The van der Waals surface area contributed by atoms with Gasteiger partial charge in [0.1, 0.15) is 11.6 Å². The first-order valence-electron chi connectivity index (χ1n) is 9.48. The molecule has 0 atom stereocenters. The van der Waals surface area contributed by atoms with E-state index in [2.05, 4.69) is 10.4 Å². The summed E-state index contributed by atoms with van der Waals surface area (Å²) in [7, 11) is 0. The second kappa shape index (κ2) is 10.5. The minimum Gasteiger partial charge on any atom is -0.409 e. The van der Waals surface area contributed by atoms with Crippen molar-refractivity contribution in [3.63, 3.8) is 0 Å². The van der Waals surface area contributed by atoms with Crippen LogP contribution in [0.3, 0.4) is 0 Å². The minimum absolute atomic E-state index is 0. The van der Waals surface area contributed by atoms with Crippen LogP contribution in [0, 0.1) is 5.82 Å². The van der Waals surface area contributed by atoms with Crippen molar-refractivity contribution in [1.82, 2.24) is 15.3 Å². The summed E-state index contributed by atoms with van der Waals surface area (Å²) in [6.45, 7) is 2.84. The van der Waals surface area contributed by atoms with Gasteiger partial charge in [-0.05, 0) is 42.8 Å². The number of carbonyl (C=O) groups is 2. The number of rotatable bonds is 2. The number of hydrazine groups is 1. The van der Waals surface area contributed by atoms with Gasteiger partial charge in [-0.2, -0.15) is 16.8 Å². The molecule has 2 amide bonds. The molecule has 0 radical (unpaired) electrons. The monoisotopic (exact) mass is 472 g/mol. The lowest BCUT2D eigenvalue weighted by atomic mass is 10.2. The fourth-order valence-corrected chi connectivity index (χ4v) is 4.94. The standard InChI is InChI=1S/C19H21FN4O3S2.ClH/c20-14-4-3-13(15(12-14)27-19(26)23-7-9-28-10-8-23)11-16-17(25)22-18(29-16)24-6-2-1-5-21-24;/h3-4,11-12,21H,1-2,5-10H2;1H. The lowest BCUT2D eigenvalue weighted by Crippen LogP contribution is -2.45. The molecule has 7 nitrogen and oxygen atoms in total. The Morgan fingerprint density at radius 1 is 1.23 bits per heavy atom. The number of halogens is 2. The van der Waals surface area contributed by atoms with Gasteiger partial charge in [-0.15, -0.1) is 12.4 Å². The van der Waals surface area contributed by atoms with Crippen LogP contribution < -0.4 is 10.2 Å². The number of aliphatic imine (C=N–C) groups is 1. The molecule has 1 aromatic rings. The summed E-state index contributed by atoms with van der Waals surface area (Å²) in [4.78, 5) is 30.9. The summed E-state index contributed by atoms with van der Waals surface area (Å²) in [5.41, 5.74) is 3.69. The topological polar surface area (TPSA) is 74.2 Å². The normalized spacial score (nSPS) is 20.8. The van der Waals surface area contributed by atoms with E-state index in [4.69, 9.17) is 4.74 Å². The summed E-state index contributed by atoms with van der Waals surface area (Å²) in [6, 6.07) is 3.95. The predicted octanol–water partition coefficient (Wildman–Crippen LogP) is 3.37. The average molecular weight is 473 g/mol. The van der Waals surface area contributed by atoms with E-state index in [9.17, 15) is 14.0 Å². The largest absolute Gasteiger partial charge is 0.415 e. The van der Waals surface area contributed by atoms with E-state index < -0.39 is 11.9 Å². The van der Waals surface area contributed by atoms with Crippen molar-refractivity contribution < 1.29 is 18.7 Å². The summed E-state index contributed by atoms with van der Waals surface area (Å²) < 4.78 is 19.3. The number of amides is 2. The van der Waals surface area contributed by atoms with E-state index >= 15 is 0 Å². The van der Waals surface area contributed by atoms with Crippen molar-refractivity contribution in [3.8, 4) is 5.75 Å². The van der Waals surface area contributed by atoms with Crippen molar-refractivity contribution in [3.05, 3.63) is 34.5 Å². The zero-order valence-corrected chi connectivity index (χ0v) is 18.6. The van der Waals surface area contributed by atoms with Crippen LogP contribution in [0.4, 0.5) is 9.18 Å². The lowest BCUT2D eigenvalue weighted by Gasteiger charge is -2.28. The van der Waals surface area contributed by atoms with Gasteiger partial charge in [-0.1, -0.05) is 0 Å². The number of hydrogen-bond donors (Lipinski definition) is 1. The molecule has 11 heteroatoms. The number of amidine groups is 1. The minimum atomic E-state index is -0.510. The number of carbonyl (C=O) groups excluding carboxylic acids is 2. The van der Waals surface area contributed by atoms with Crippen LogP contribution in [0.25, 0.3) is 6.08 Å². The van der Waals surface area contributed by atoms with E-state index in [-0.39, 0.29) is 24.1 Å². The van der Waals surface area contributed by atoms with Crippen LogP contribution in [0.5, 0.6) is 5.75 Å². The zero-order chi connectivity index (χ0) is 20.2. The number of ether oxygens (including phenoxy) is 1. The highest BCUT2D eigenvalue weighted by atomic mass is 35.5. The molecule has 3 heterocycles. The van der Waals surface area contributed by atoms with E-state index in [0.29, 0.717) is 28.7 Å². The van der Waals surface area contributed by atoms with Crippen LogP contribution in [-0.4, -0.2) is 64.8 Å². The zero-order valence-electron chi connectivity index (χ0n) is 16.1. The highest BCUT2D eigenvalue weighted by molar-refractivity contribution is 8.18. The molecule has 0 aliphatic carbocycles. The number of benzene rings is 1. The SMILES string of the molecule is Cl.O=C1N=C(N2CCCCN2)SC1=Cc1ccc(F)cc1OC(=O)N1CCSCC1. The van der Waals surface area contributed by atoms with Crippen LogP contribution in [0.2, 0.25) is 0 Å². The Hall–Kier alpha value is -1.75. The van der Waals surface area contributed by atoms with Crippen molar-refractivity contribution in [2.24, 2.45) is 4.99 Å². The Labute approximate surface area is 188 Å². The Bertz CT molecular complexity index is 871. The molecule has 162 valence electrons. The first-order valence-corrected chi connectivity index (χ1v) is 11.4. The first-order chi connectivity index (χ1) is 14.1. The maximum Gasteiger partial charge on any atom is 0.415 e. The molecule has 2 saturated heterocycles. The third-order valence-electron chi connectivity index (χ3n) is 4.68. The molecule has 0 aromatic heterocycles. The van der Waals surface area contributed by atoms with E-state index in [1.165, 1.54) is 30.0 Å². The Morgan fingerprint density at radius 3 is 2.77 bits per heavy atom. The van der Waals surface area contributed by atoms with Gasteiger partial charge in [0.15, 0.2) is 5.17 Å². The van der Waals surface area contributed by atoms with E-state index in [0.717, 1.165) is 37.4 Å². The molecule has 3 aliphatic heterocycles. The van der Waals surface area contributed by atoms with Gasteiger partial charge in [-0.25, -0.2) is 14.6 Å². The number of thioether (sulfide) groups is 2. The molecule has 0 bridgehead atoms. The molecule has 1 aromatic carbocycles. The van der Waals surface area contributed by atoms with Gasteiger partial charge in [0.2, 0.25) is 0 Å². The maximum atomic E-state index is 13.8. The van der Waals surface area contributed by atoms with Gasteiger partial charge in [0, 0.05) is 49.3 Å². The number of hydrogen-bond acceptors (Lipinski definition) is 7. The van der Waals surface area contributed by atoms with Crippen molar-refractivity contribution in [2.75, 3.05) is 37.7 Å². The van der Waals surface area contributed by atoms with Gasteiger partial charge in [-0.3, -0.25) is 9.80 Å². The Balaban J connectivity index is 0.00000256. The molecule has 0 spiro atoms. The van der Waals surface area contributed by atoms with Gasteiger partial charge >= 0.3 is 6.09 Å². The molecule has 3 aliphatic rings. The summed E-state index contributed by atoms with van der Waals surface area (Å²) >= 11 is 3.04. The smallest absolute Gasteiger partial charge is 0.409 e. The van der Waals surface area contributed by atoms with Crippen LogP contribution in [0.1, 0.15) is 18.4 Å². The average Bonchev–Trinajstić information content (AvgIpc) is 3.11. The second-order valence-corrected chi connectivity index (χ2v) is 8.96. The first kappa shape index (κ1) is 22.9. The summed E-state index contributed by atoms with van der Waals surface area (Å²) in [5.74, 6) is 0.935. The van der Waals surface area contributed by atoms with Crippen molar-refractivity contribution in [2.45, 2.75) is 12.8 Å². The number of nitrogens with zero attached hydrogens (tertiary/aromatic N) is 3.